The second kappa shape index (κ2) is 4.72. The first-order valence-electron chi connectivity index (χ1n) is 6.16. The fourth-order valence-corrected chi connectivity index (χ4v) is 3.03. The number of para-hydroxylation sites is 1. The van der Waals surface area contributed by atoms with Crippen LogP contribution < -0.4 is 0 Å². The molecule has 0 atom stereocenters. The van der Waals surface area contributed by atoms with Crippen LogP contribution in [-0.2, 0) is 9.84 Å². The molecule has 0 radical (unpaired) electrons. The van der Waals surface area contributed by atoms with E-state index < -0.39 is 9.84 Å². The summed E-state index contributed by atoms with van der Waals surface area (Å²) >= 11 is 0. The lowest BCUT2D eigenvalue weighted by atomic mass is 10.0. The van der Waals surface area contributed by atoms with Gasteiger partial charge in [0.15, 0.2) is 9.84 Å². The average Bonchev–Trinajstić information content (AvgIpc) is 2.72. The number of hydrogen-bond donors (Lipinski definition) is 1. The first-order valence-corrected chi connectivity index (χ1v) is 8.05. The minimum Gasteiger partial charge on any atom is -0.342 e. The predicted octanol–water partition coefficient (Wildman–Crippen LogP) is 2.87. The van der Waals surface area contributed by atoms with Gasteiger partial charge in [0.2, 0.25) is 0 Å². The summed E-state index contributed by atoms with van der Waals surface area (Å²) in [4.78, 5) is 8.02. The average molecular weight is 266 g/mol. The van der Waals surface area contributed by atoms with Gasteiger partial charge in [-0.15, -0.1) is 0 Å². The quantitative estimate of drug-likeness (QED) is 0.925. The van der Waals surface area contributed by atoms with E-state index in [4.69, 9.17) is 0 Å². The van der Waals surface area contributed by atoms with Gasteiger partial charge in [-0.3, -0.25) is 0 Å². The maximum atomic E-state index is 11.7. The van der Waals surface area contributed by atoms with Crippen LogP contribution in [0.25, 0.3) is 11.0 Å². The van der Waals surface area contributed by atoms with E-state index >= 15 is 0 Å². The fourth-order valence-electron chi connectivity index (χ4n) is 2.19. The Bertz CT molecular complexity index is 655. The van der Waals surface area contributed by atoms with Gasteiger partial charge in [0, 0.05) is 12.2 Å². The highest BCUT2D eigenvalue weighted by Crippen LogP contribution is 2.26. The van der Waals surface area contributed by atoms with E-state index in [1.807, 2.05) is 6.07 Å². The summed E-state index contributed by atoms with van der Waals surface area (Å²) in [5.41, 5.74) is 1.35. The normalized spacial score (nSPS) is 12.4. The fraction of sp³-hybridized carbons (Fsp3) is 0.462. The van der Waals surface area contributed by atoms with Gasteiger partial charge in [-0.05, 0) is 25.0 Å². The third-order valence-electron chi connectivity index (χ3n) is 3.27. The summed E-state index contributed by atoms with van der Waals surface area (Å²) < 4.78 is 23.4. The monoisotopic (exact) mass is 266 g/mol. The number of nitrogens with zero attached hydrogens (tertiary/aromatic N) is 1. The molecule has 0 fully saturated rings. The standard InChI is InChI=1S/C13H18N2O2S/c1-4-9(5-2)13-14-10-7-6-8-11(12(10)15-13)18(3,16)17/h6-9H,4-5H2,1-3H3,(H,14,15). The molecule has 0 amide bonds. The number of rotatable bonds is 4. The van der Waals surface area contributed by atoms with Gasteiger partial charge in [0.25, 0.3) is 0 Å². The Labute approximate surface area is 107 Å². The number of aromatic amines is 1. The van der Waals surface area contributed by atoms with Crippen molar-refractivity contribution in [3.63, 3.8) is 0 Å². The van der Waals surface area contributed by atoms with Crippen molar-refractivity contribution in [1.29, 1.82) is 0 Å². The molecule has 0 spiro atoms. The minimum absolute atomic E-state index is 0.299. The van der Waals surface area contributed by atoms with Gasteiger partial charge in [-0.2, -0.15) is 0 Å². The molecule has 2 aromatic rings. The van der Waals surface area contributed by atoms with Crippen molar-refractivity contribution in [2.45, 2.75) is 37.5 Å². The second-order valence-electron chi connectivity index (χ2n) is 4.56. The number of H-pyrrole nitrogens is 1. The van der Waals surface area contributed by atoms with Gasteiger partial charge >= 0.3 is 0 Å². The van der Waals surface area contributed by atoms with Crippen LogP contribution in [0.4, 0.5) is 0 Å². The third kappa shape index (κ3) is 2.27. The number of nitrogens with one attached hydrogen (secondary N) is 1. The smallest absolute Gasteiger partial charge is 0.177 e. The molecular formula is C13H18N2O2S. The number of sulfone groups is 1. The Morgan fingerprint density at radius 1 is 1.28 bits per heavy atom. The van der Waals surface area contributed by atoms with Crippen LogP contribution in [-0.4, -0.2) is 24.6 Å². The molecule has 1 aromatic carbocycles. The molecule has 18 heavy (non-hydrogen) atoms. The van der Waals surface area contributed by atoms with Crippen molar-refractivity contribution in [3.05, 3.63) is 24.0 Å². The van der Waals surface area contributed by atoms with Crippen molar-refractivity contribution < 1.29 is 8.42 Å². The molecule has 0 saturated heterocycles. The number of fused-ring (bicyclic) bond motifs is 1. The molecule has 0 bridgehead atoms. The van der Waals surface area contributed by atoms with Crippen LogP contribution in [0.15, 0.2) is 23.1 Å². The zero-order valence-corrected chi connectivity index (χ0v) is 11.7. The molecular weight excluding hydrogens is 248 g/mol. The van der Waals surface area contributed by atoms with Crippen molar-refractivity contribution >= 4 is 20.9 Å². The minimum atomic E-state index is -3.24. The largest absolute Gasteiger partial charge is 0.342 e. The first-order chi connectivity index (χ1) is 8.47. The van der Waals surface area contributed by atoms with E-state index in [1.54, 1.807) is 12.1 Å². The molecule has 1 aromatic heterocycles. The van der Waals surface area contributed by atoms with Crippen molar-refractivity contribution in [1.82, 2.24) is 9.97 Å². The molecule has 0 unspecified atom stereocenters. The lowest BCUT2D eigenvalue weighted by molar-refractivity contribution is 0.602. The molecule has 0 aliphatic carbocycles. The van der Waals surface area contributed by atoms with Crippen LogP contribution in [0.5, 0.6) is 0 Å². The Hall–Kier alpha value is -1.36. The van der Waals surface area contributed by atoms with E-state index in [-0.39, 0.29) is 0 Å². The Balaban J connectivity index is 2.65. The topological polar surface area (TPSA) is 62.8 Å². The summed E-state index contributed by atoms with van der Waals surface area (Å²) in [6.07, 6.45) is 3.20. The van der Waals surface area contributed by atoms with Crippen molar-refractivity contribution in [3.8, 4) is 0 Å². The van der Waals surface area contributed by atoms with Gasteiger partial charge in [-0.25, -0.2) is 13.4 Å². The Kier molecular flexibility index (Phi) is 3.43. The highest BCUT2D eigenvalue weighted by molar-refractivity contribution is 7.91. The van der Waals surface area contributed by atoms with Crippen LogP contribution >= 0.6 is 0 Å². The van der Waals surface area contributed by atoms with Crippen LogP contribution in [0.3, 0.4) is 0 Å². The molecule has 2 rings (SSSR count). The van der Waals surface area contributed by atoms with E-state index in [1.165, 1.54) is 6.26 Å². The molecule has 0 aliphatic heterocycles. The maximum absolute atomic E-state index is 11.7. The highest BCUT2D eigenvalue weighted by Gasteiger charge is 2.17. The zero-order chi connectivity index (χ0) is 13.3. The lowest BCUT2D eigenvalue weighted by Gasteiger charge is -2.07. The molecule has 0 saturated carbocycles. The Morgan fingerprint density at radius 3 is 2.50 bits per heavy atom. The van der Waals surface area contributed by atoms with E-state index in [2.05, 4.69) is 23.8 Å². The molecule has 1 heterocycles. The molecule has 98 valence electrons. The van der Waals surface area contributed by atoms with Gasteiger partial charge in [0.05, 0.1) is 10.4 Å². The number of hydrogen-bond acceptors (Lipinski definition) is 3. The van der Waals surface area contributed by atoms with Gasteiger partial charge in [-0.1, -0.05) is 19.9 Å². The summed E-state index contributed by atoms with van der Waals surface area (Å²) in [5, 5.41) is 0. The zero-order valence-electron chi connectivity index (χ0n) is 10.9. The van der Waals surface area contributed by atoms with Crippen LogP contribution in [0.2, 0.25) is 0 Å². The van der Waals surface area contributed by atoms with E-state index in [0.717, 1.165) is 24.2 Å². The first kappa shape index (κ1) is 13.1. The number of benzene rings is 1. The summed E-state index contributed by atoms with van der Waals surface area (Å²) in [6, 6.07) is 5.21. The summed E-state index contributed by atoms with van der Waals surface area (Å²) in [6.45, 7) is 4.22. The number of imidazole rings is 1. The molecule has 4 nitrogen and oxygen atoms in total. The SMILES string of the molecule is CCC(CC)c1nc2c(S(C)(=O)=O)cccc2[nH]1. The second-order valence-corrected chi connectivity index (χ2v) is 6.54. The molecule has 5 heteroatoms. The highest BCUT2D eigenvalue weighted by atomic mass is 32.2. The molecule has 1 N–H and O–H groups in total. The third-order valence-corrected chi connectivity index (χ3v) is 4.39. The lowest BCUT2D eigenvalue weighted by Crippen LogP contribution is -1.99. The Morgan fingerprint density at radius 2 is 1.94 bits per heavy atom. The summed E-state index contributed by atoms with van der Waals surface area (Å²) in [5.74, 6) is 1.23. The number of aromatic nitrogens is 2. The summed E-state index contributed by atoms with van der Waals surface area (Å²) in [7, 11) is -3.24. The maximum Gasteiger partial charge on any atom is 0.177 e. The van der Waals surface area contributed by atoms with Gasteiger partial charge in [0.1, 0.15) is 11.3 Å². The van der Waals surface area contributed by atoms with Crippen LogP contribution in [0.1, 0.15) is 38.4 Å². The molecule has 0 aliphatic rings. The van der Waals surface area contributed by atoms with Crippen molar-refractivity contribution in [2.75, 3.05) is 6.26 Å². The predicted molar refractivity (Wildman–Crippen MR) is 72.5 cm³/mol. The van der Waals surface area contributed by atoms with E-state index in [0.29, 0.717) is 16.3 Å². The van der Waals surface area contributed by atoms with Crippen molar-refractivity contribution in [2.24, 2.45) is 0 Å². The van der Waals surface area contributed by atoms with E-state index in [9.17, 15) is 8.42 Å². The van der Waals surface area contributed by atoms with Gasteiger partial charge < -0.3 is 4.98 Å². The van der Waals surface area contributed by atoms with Crippen LogP contribution in [0, 0.1) is 0 Å².